The number of primary amides is 1. The number of carbonyl (C=O) groups excluding carboxylic acids is 1. The number of hydrogen-bond donors (Lipinski definition) is 1. The van der Waals surface area contributed by atoms with Crippen molar-refractivity contribution in [3.63, 3.8) is 0 Å². The van der Waals surface area contributed by atoms with Gasteiger partial charge in [0.25, 0.3) is 0 Å². The number of hydrogen-bond acceptors (Lipinski definition) is 3. The summed E-state index contributed by atoms with van der Waals surface area (Å²) in [6.07, 6.45) is -2.85. The molecule has 0 bridgehead atoms. The normalized spacial score (nSPS) is 11.6. The third kappa shape index (κ3) is 4.11. The maximum Gasteiger partial charge on any atom is 0.573 e. The molecule has 27 heavy (non-hydrogen) atoms. The van der Waals surface area contributed by atoms with Crippen LogP contribution in [0.5, 0.6) is 5.75 Å². The minimum absolute atomic E-state index is 0.254. The fourth-order valence-corrected chi connectivity index (χ4v) is 2.84. The molecule has 2 aromatic carbocycles. The Morgan fingerprint density at radius 3 is 2.52 bits per heavy atom. The third-order valence-electron chi connectivity index (χ3n) is 4.04. The Balaban J connectivity index is 2.05. The van der Waals surface area contributed by atoms with E-state index in [9.17, 15) is 18.0 Å². The highest BCUT2D eigenvalue weighted by atomic mass is 19.4. The van der Waals surface area contributed by atoms with Crippen LogP contribution in [0.4, 0.5) is 13.2 Å². The van der Waals surface area contributed by atoms with Crippen molar-refractivity contribution in [3.05, 3.63) is 60.4 Å². The van der Waals surface area contributed by atoms with Gasteiger partial charge in [-0.15, -0.1) is 13.2 Å². The van der Waals surface area contributed by atoms with Crippen LogP contribution in [-0.4, -0.2) is 21.8 Å². The summed E-state index contributed by atoms with van der Waals surface area (Å²) >= 11 is 0. The Morgan fingerprint density at radius 1 is 1.26 bits per heavy atom. The Bertz CT molecular complexity index is 1020. The summed E-state index contributed by atoms with van der Waals surface area (Å²) in [5.74, 6) is -0.892. The van der Waals surface area contributed by atoms with Crippen LogP contribution < -0.4 is 10.5 Å². The Morgan fingerprint density at radius 2 is 1.93 bits per heavy atom. The molecule has 0 unspecified atom stereocenters. The zero-order valence-electron chi connectivity index (χ0n) is 14.4. The molecule has 0 aliphatic rings. The number of ether oxygens (including phenoxy) is 1. The highest BCUT2D eigenvalue weighted by Gasteiger charge is 2.31. The van der Waals surface area contributed by atoms with Crippen molar-refractivity contribution in [2.24, 2.45) is 12.8 Å². The van der Waals surface area contributed by atoms with Crippen LogP contribution in [0, 0.1) is 0 Å². The van der Waals surface area contributed by atoms with Crippen LogP contribution in [0.2, 0.25) is 0 Å². The van der Waals surface area contributed by atoms with Gasteiger partial charge in [0.2, 0.25) is 5.91 Å². The van der Waals surface area contributed by atoms with Gasteiger partial charge in [0, 0.05) is 24.6 Å². The molecule has 3 rings (SSSR count). The lowest BCUT2D eigenvalue weighted by molar-refractivity contribution is -0.274. The first-order chi connectivity index (χ1) is 12.6. The fraction of sp³-hybridized carbons (Fsp3) is 0.158. The van der Waals surface area contributed by atoms with E-state index in [1.807, 2.05) is 23.7 Å². The molecular formula is C19H16F3N3O2. The third-order valence-corrected chi connectivity index (χ3v) is 4.04. The Labute approximate surface area is 152 Å². The first kappa shape index (κ1) is 18.5. The lowest BCUT2D eigenvalue weighted by Crippen LogP contribution is -2.16. The molecule has 0 aliphatic heterocycles. The summed E-state index contributed by atoms with van der Waals surface area (Å²) in [5.41, 5.74) is 9.23. The predicted molar refractivity (Wildman–Crippen MR) is 94.9 cm³/mol. The molecule has 140 valence electrons. The van der Waals surface area contributed by atoms with Crippen LogP contribution in [-0.2, 0) is 18.3 Å². The SMILES string of the molecule is C=C(Cc1cc(-c2ccc(OC(F)(F)F)cc2)c2c(c1)ncn2C)C(N)=O. The van der Waals surface area contributed by atoms with Crippen molar-refractivity contribution >= 4 is 16.9 Å². The van der Waals surface area contributed by atoms with Gasteiger partial charge in [0.15, 0.2) is 0 Å². The number of carbonyl (C=O) groups is 1. The Hall–Kier alpha value is -3.29. The van der Waals surface area contributed by atoms with Gasteiger partial charge in [-0.25, -0.2) is 4.98 Å². The quantitative estimate of drug-likeness (QED) is 0.691. The molecule has 0 spiro atoms. The molecule has 0 fully saturated rings. The average Bonchev–Trinajstić information content (AvgIpc) is 2.94. The molecule has 8 heteroatoms. The van der Waals surface area contributed by atoms with E-state index < -0.39 is 12.3 Å². The second-order valence-electron chi connectivity index (χ2n) is 6.08. The molecule has 1 aromatic heterocycles. The molecule has 0 atom stereocenters. The van der Waals surface area contributed by atoms with E-state index in [2.05, 4.69) is 16.3 Å². The topological polar surface area (TPSA) is 70.1 Å². The van der Waals surface area contributed by atoms with Gasteiger partial charge in [0.1, 0.15) is 5.75 Å². The van der Waals surface area contributed by atoms with E-state index >= 15 is 0 Å². The summed E-state index contributed by atoms with van der Waals surface area (Å²) in [7, 11) is 1.82. The molecule has 0 radical (unpaired) electrons. The molecule has 3 aromatic rings. The lowest BCUT2D eigenvalue weighted by Gasteiger charge is -2.12. The number of amides is 1. The molecule has 2 N–H and O–H groups in total. The molecular weight excluding hydrogens is 359 g/mol. The molecule has 1 heterocycles. The monoisotopic (exact) mass is 375 g/mol. The van der Waals surface area contributed by atoms with Crippen molar-refractivity contribution < 1.29 is 22.7 Å². The smallest absolute Gasteiger partial charge is 0.406 e. The van der Waals surface area contributed by atoms with Crippen LogP contribution in [0.3, 0.4) is 0 Å². The largest absolute Gasteiger partial charge is 0.573 e. The van der Waals surface area contributed by atoms with Crippen molar-refractivity contribution in [3.8, 4) is 16.9 Å². The highest BCUT2D eigenvalue weighted by Crippen LogP contribution is 2.32. The summed E-state index contributed by atoms with van der Waals surface area (Å²) in [6.45, 7) is 3.66. The molecule has 0 saturated heterocycles. The summed E-state index contributed by atoms with van der Waals surface area (Å²) in [5, 5.41) is 0. The molecule has 0 saturated carbocycles. The molecule has 0 aliphatic carbocycles. The first-order valence-electron chi connectivity index (χ1n) is 7.92. The summed E-state index contributed by atoms with van der Waals surface area (Å²) in [4.78, 5) is 15.6. The van der Waals surface area contributed by atoms with E-state index in [0.717, 1.165) is 16.6 Å². The van der Waals surface area contributed by atoms with Gasteiger partial charge in [-0.2, -0.15) is 0 Å². The minimum Gasteiger partial charge on any atom is -0.406 e. The second-order valence-corrected chi connectivity index (χ2v) is 6.08. The van der Waals surface area contributed by atoms with E-state index in [1.165, 1.54) is 24.3 Å². The summed E-state index contributed by atoms with van der Waals surface area (Å²) < 4.78 is 42.8. The van der Waals surface area contributed by atoms with Gasteiger partial charge in [0.05, 0.1) is 17.4 Å². The van der Waals surface area contributed by atoms with Gasteiger partial charge in [-0.1, -0.05) is 18.7 Å². The maximum absolute atomic E-state index is 12.3. The van der Waals surface area contributed by atoms with Gasteiger partial charge >= 0.3 is 6.36 Å². The number of alkyl halides is 3. The number of aromatic nitrogens is 2. The van der Waals surface area contributed by atoms with Crippen LogP contribution in [0.1, 0.15) is 5.56 Å². The zero-order valence-corrected chi connectivity index (χ0v) is 14.4. The van der Waals surface area contributed by atoms with Crippen molar-refractivity contribution in [1.82, 2.24) is 9.55 Å². The number of nitrogens with zero attached hydrogens (tertiary/aromatic N) is 2. The van der Waals surface area contributed by atoms with E-state index in [0.29, 0.717) is 11.1 Å². The summed E-state index contributed by atoms with van der Waals surface area (Å²) in [6, 6.07) is 9.25. The van der Waals surface area contributed by atoms with Gasteiger partial charge < -0.3 is 15.0 Å². The molecule has 5 nitrogen and oxygen atoms in total. The highest BCUT2D eigenvalue weighted by molar-refractivity contribution is 5.94. The van der Waals surface area contributed by atoms with E-state index in [4.69, 9.17) is 5.73 Å². The van der Waals surface area contributed by atoms with E-state index in [-0.39, 0.29) is 17.7 Å². The van der Waals surface area contributed by atoms with Crippen LogP contribution >= 0.6 is 0 Å². The number of imidazole rings is 1. The maximum atomic E-state index is 12.3. The number of halogens is 3. The number of nitrogens with two attached hydrogens (primary N) is 1. The number of benzene rings is 2. The van der Waals surface area contributed by atoms with Crippen molar-refractivity contribution in [2.45, 2.75) is 12.8 Å². The average molecular weight is 375 g/mol. The van der Waals surface area contributed by atoms with Gasteiger partial charge in [-0.3, -0.25) is 4.79 Å². The van der Waals surface area contributed by atoms with Crippen LogP contribution in [0.25, 0.3) is 22.2 Å². The number of rotatable bonds is 5. The van der Waals surface area contributed by atoms with Crippen molar-refractivity contribution in [2.75, 3.05) is 0 Å². The zero-order chi connectivity index (χ0) is 19.8. The minimum atomic E-state index is -4.74. The fourth-order valence-electron chi connectivity index (χ4n) is 2.84. The Kier molecular flexibility index (Phi) is 4.65. The lowest BCUT2D eigenvalue weighted by atomic mass is 9.97. The first-order valence-corrected chi connectivity index (χ1v) is 7.92. The van der Waals surface area contributed by atoms with Crippen LogP contribution in [0.15, 0.2) is 54.9 Å². The molecule has 1 amide bonds. The standard InChI is InChI=1S/C19H16F3N3O2/c1-11(18(23)26)7-12-8-15(17-16(9-12)24-10-25(17)2)13-3-5-14(6-4-13)27-19(20,21)22/h3-6,8-10H,1,7H2,2H3,(H2,23,26). The number of aryl methyl sites for hydroxylation is 1. The van der Waals surface area contributed by atoms with Gasteiger partial charge in [-0.05, 0) is 35.4 Å². The predicted octanol–water partition coefficient (Wildman–Crippen LogP) is 3.72. The van der Waals surface area contributed by atoms with Crippen molar-refractivity contribution in [1.29, 1.82) is 0 Å². The van der Waals surface area contributed by atoms with E-state index in [1.54, 1.807) is 6.33 Å². The number of fused-ring (bicyclic) bond motifs is 1. The second kappa shape index (κ2) is 6.79.